The van der Waals surface area contributed by atoms with Gasteiger partial charge in [0.2, 0.25) is 0 Å². The first-order valence-corrected chi connectivity index (χ1v) is 5.43. The summed E-state index contributed by atoms with van der Waals surface area (Å²) < 4.78 is 0. The van der Waals surface area contributed by atoms with Crippen LogP contribution in [0.5, 0.6) is 0 Å². The fourth-order valence-corrected chi connectivity index (χ4v) is 3.61. The highest BCUT2D eigenvalue weighted by atomic mass is 14.5. The molecule has 62 valence electrons. The van der Waals surface area contributed by atoms with Crippen LogP contribution in [0.3, 0.4) is 0 Å². The highest BCUT2D eigenvalue weighted by Crippen LogP contribution is 2.56. The molecule has 0 radical (unpaired) electrons. The van der Waals surface area contributed by atoms with Crippen LogP contribution in [-0.4, -0.2) is 0 Å². The van der Waals surface area contributed by atoms with Crippen LogP contribution in [0, 0.1) is 23.7 Å². The highest BCUT2D eigenvalue weighted by molar-refractivity contribution is 4.96. The van der Waals surface area contributed by atoms with Crippen molar-refractivity contribution in [2.45, 2.75) is 44.9 Å². The van der Waals surface area contributed by atoms with Crippen LogP contribution in [0.1, 0.15) is 44.9 Å². The quantitative estimate of drug-likeness (QED) is 0.497. The predicted molar refractivity (Wildman–Crippen MR) is 46.3 cm³/mol. The molecule has 0 heteroatoms. The van der Waals surface area contributed by atoms with E-state index in [4.69, 9.17) is 0 Å². The molecule has 3 rings (SSSR count). The second-order valence-electron chi connectivity index (χ2n) is 5.03. The molecule has 3 aliphatic rings. The molecule has 3 fully saturated rings. The average Bonchev–Trinajstić information content (AvgIpc) is 2.79. The van der Waals surface area contributed by atoms with Crippen molar-refractivity contribution in [1.29, 1.82) is 0 Å². The van der Waals surface area contributed by atoms with E-state index in [0.717, 1.165) is 5.92 Å². The van der Waals surface area contributed by atoms with Crippen LogP contribution in [0.15, 0.2) is 0 Å². The summed E-state index contributed by atoms with van der Waals surface area (Å²) in [6.45, 7) is 0. The Kier molecular flexibility index (Phi) is 1.33. The lowest BCUT2D eigenvalue weighted by Gasteiger charge is -2.27. The Morgan fingerprint density at radius 3 is 2.64 bits per heavy atom. The molecule has 0 aromatic rings. The molecular weight excluding hydrogens is 132 g/mol. The number of hydrogen-bond acceptors (Lipinski definition) is 0. The van der Waals surface area contributed by atoms with Crippen molar-refractivity contribution < 1.29 is 0 Å². The van der Waals surface area contributed by atoms with Crippen LogP contribution in [0.25, 0.3) is 0 Å². The van der Waals surface area contributed by atoms with E-state index < -0.39 is 0 Å². The Hall–Kier alpha value is 0. The molecule has 0 amide bonds. The van der Waals surface area contributed by atoms with E-state index in [9.17, 15) is 0 Å². The van der Waals surface area contributed by atoms with E-state index >= 15 is 0 Å². The van der Waals surface area contributed by atoms with Crippen molar-refractivity contribution in [2.75, 3.05) is 0 Å². The van der Waals surface area contributed by atoms with Gasteiger partial charge in [0.1, 0.15) is 0 Å². The van der Waals surface area contributed by atoms with E-state index in [2.05, 4.69) is 0 Å². The average molecular weight is 150 g/mol. The van der Waals surface area contributed by atoms with Gasteiger partial charge in [0.05, 0.1) is 0 Å². The van der Waals surface area contributed by atoms with Crippen LogP contribution in [0.4, 0.5) is 0 Å². The maximum absolute atomic E-state index is 1.61. The van der Waals surface area contributed by atoms with Gasteiger partial charge in [-0.15, -0.1) is 0 Å². The van der Waals surface area contributed by atoms with Gasteiger partial charge in [-0.05, 0) is 42.9 Å². The second kappa shape index (κ2) is 2.24. The Labute approximate surface area is 69.4 Å². The fraction of sp³-hybridized carbons (Fsp3) is 1.00. The van der Waals surface area contributed by atoms with Gasteiger partial charge in [-0.25, -0.2) is 0 Å². The third kappa shape index (κ3) is 1.02. The van der Waals surface area contributed by atoms with Gasteiger partial charge >= 0.3 is 0 Å². The summed E-state index contributed by atoms with van der Waals surface area (Å²) in [6.07, 6.45) is 11.1. The van der Waals surface area contributed by atoms with E-state index in [1.165, 1.54) is 17.8 Å². The fourth-order valence-electron chi connectivity index (χ4n) is 3.61. The van der Waals surface area contributed by atoms with Gasteiger partial charge in [0.15, 0.2) is 0 Å². The van der Waals surface area contributed by atoms with Crippen molar-refractivity contribution in [3.63, 3.8) is 0 Å². The largest absolute Gasteiger partial charge is 0.0528 e. The third-order valence-electron chi connectivity index (χ3n) is 4.35. The molecule has 3 aliphatic carbocycles. The molecule has 0 spiro atoms. The Balaban J connectivity index is 1.79. The minimum absolute atomic E-state index is 1.15. The van der Waals surface area contributed by atoms with Crippen molar-refractivity contribution in [1.82, 2.24) is 0 Å². The van der Waals surface area contributed by atoms with Crippen molar-refractivity contribution >= 4 is 0 Å². The van der Waals surface area contributed by atoms with Crippen LogP contribution < -0.4 is 0 Å². The highest BCUT2D eigenvalue weighted by Gasteiger charge is 2.46. The zero-order valence-electron chi connectivity index (χ0n) is 7.26. The lowest BCUT2D eigenvalue weighted by molar-refractivity contribution is 0.249. The molecular formula is C11H18. The third-order valence-corrected chi connectivity index (χ3v) is 4.35. The van der Waals surface area contributed by atoms with Crippen LogP contribution in [-0.2, 0) is 0 Å². The minimum atomic E-state index is 1.15. The minimum Gasteiger partial charge on any atom is -0.0528 e. The number of fused-ring (bicyclic) bond motifs is 4. The molecule has 0 aliphatic heterocycles. The lowest BCUT2D eigenvalue weighted by atomic mass is 9.79. The summed E-state index contributed by atoms with van der Waals surface area (Å²) in [7, 11) is 0. The molecule has 3 saturated carbocycles. The molecule has 0 aromatic carbocycles. The van der Waals surface area contributed by atoms with Crippen molar-refractivity contribution in [2.24, 2.45) is 23.7 Å². The SMILES string of the molecule is C1CC2CCC3CC3C(C1)C2. The predicted octanol–water partition coefficient (Wildman–Crippen LogP) is 3.22. The van der Waals surface area contributed by atoms with Crippen molar-refractivity contribution in [3.05, 3.63) is 0 Å². The zero-order valence-corrected chi connectivity index (χ0v) is 7.26. The summed E-state index contributed by atoms with van der Waals surface area (Å²) in [5, 5.41) is 0. The topological polar surface area (TPSA) is 0 Å². The molecule has 4 unspecified atom stereocenters. The first-order valence-electron chi connectivity index (χ1n) is 5.43. The zero-order chi connectivity index (χ0) is 7.26. The summed E-state index contributed by atoms with van der Waals surface area (Å²) in [6, 6.07) is 0. The lowest BCUT2D eigenvalue weighted by Crippen LogP contribution is -2.15. The van der Waals surface area contributed by atoms with Gasteiger partial charge in [-0.3, -0.25) is 0 Å². The monoisotopic (exact) mass is 150 g/mol. The van der Waals surface area contributed by atoms with Gasteiger partial charge in [0, 0.05) is 0 Å². The number of rotatable bonds is 0. The maximum Gasteiger partial charge on any atom is -0.0354 e. The van der Waals surface area contributed by atoms with E-state index in [1.54, 1.807) is 44.9 Å². The van der Waals surface area contributed by atoms with Crippen molar-refractivity contribution in [3.8, 4) is 0 Å². The molecule has 2 bridgehead atoms. The molecule has 0 N–H and O–H groups in total. The molecule has 0 nitrogen and oxygen atoms in total. The normalized spacial score (nSPS) is 54.5. The van der Waals surface area contributed by atoms with E-state index in [-0.39, 0.29) is 0 Å². The van der Waals surface area contributed by atoms with Gasteiger partial charge < -0.3 is 0 Å². The second-order valence-corrected chi connectivity index (χ2v) is 5.03. The first-order chi connectivity index (χ1) is 5.43. The molecule has 11 heavy (non-hydrogen) atoms. The van der Waals surface area contributed by atoms with Crippen LogP contribution in [0.2, 0.25) is 0 Å². The van der Waals surface area contributed by atoms with E-state index in [1.807, 2.05) is 0 Å². The van der Waals surface area contributed by atoms with Gasteiger partial charge in [-0.2, -0.15) is 0 Å². The van der Waals surface area contributed by atoms with E-state index in [0.29, 0.717) is 0 Å². The molecule has 4 atom stereocenters. The van der Waals surface area contributed by atoms with Crippen LogP contribution >= 0.6 is 0 Å². The molecule has 0 aromatic heterocycles. The smallest absolute Gasteiger partial charge is 0.0354 e. The molecule has 0 saturated heterocycles. The summed E-state index contributed by atoms with van der Waals surface area (Å²) >= 11 is 0. The Morgan fingerprint density at radius 2 is 1.64 bits per heavy atom. The maximum atomic E-state index is 1.61. The summed E-state index contributed by atoms with van der Waals surface area (Å²) in [4.78, 5) is 0. The Morgan fingerprint density at radius 1 is 0.727 bits per heavy atom. The Bertz CT molecular complexity index is 161. The van der Waals surface area contributed by atoms with Gasteiger partial charge in [-0.1, -0.05) is 25.7 Å². The standard InChI is InChI=1S/C11H18/c1-2-8-4-5-10-7-11(10)9(3-1)6-8/h8-11H,1-7H2. The number of hydrogen-bond donors (Lipinski definition) is 0. The first kappa shape index (κ1) is 6.51. The summed E-state index contributed by atoms with van der Waals surface area (Å²) in [5.41, 5.74) is 0. The summed E-state index contributed by atoms with van der Waals surface area (Å²) in [5.74, 6) is 4.74. The molecule has 0 heterocycles. The van der Waals surface area contributed by atoms with Gasteiger partial charge in [0.25, 0.3) is 0 Å².